The van der Waals surface area contributed by atoms with Crippen LogP contribution in [0.3, 0.4) is 0 Å². The highest BCUT2D eigenvalue weighted by atomic mass is 19.1. The predicted octanol–water partition coefficient (Wildman–Crippen LogP) is 2.10. The number of hydrogen-bond donors (Lipinski definition) is 2. The molecule has 0 fully saturated rings. The van der Waals surface area contributed by atoms with Crippen molar-refractivity contribution in [2.75, 3.05) is 26.9 Å². The molecule has 0 aromatic heterocycles. The van der Waals surface area contributed by atoms with E-state index in [1.807, 2.05) is 0 Å². The first-order chi connectivity index (χ1) is 9.42. The Morgan fingerprint density at radius 1 is 1.30 bits per heavy atom. The van der Waals surface area contributed by atoms with Crippen molar-refractivity contribution < 1.29 is 19.0 Å². The summed E-state index contributed by atoms with van der Waals surface area (Å²) in [5, 5.41) is 12.8. The van der Waals surface area contributed by atoms with Gasteiger partial charge in [0.25, 0.3) is 0 Å². The van der Waals surface area contributed by atoms with Crippen LogP contribution in [0.1, 0.15) is 25.8 Å². The molecule has 114 valence electrons. The third-order valence-corrected chi connectivity index (χ3v) is 2.79. The quantitative estimate of drug-likeness (QED) is 0.682. The Morgan fingerprint density at radius 2 is 2.05 bits per heavy atom. The van der Waals surface area contributed by atoms with Crippen LogP contribution in [0, 0.1) is 5.82 Å². The number of halogens is 1. The smallest absolute Gasteiger partial charge is 0.123 e. The Kier molecular flexibility index (Phi) is 6.91. The second-order valence-electron chi connectivity index (χ2n) is 5.33. The number of ether oxygens (including phenoxy) is 2. The minimum absolute atomic E-state index is 0.289. The van der Waals surface area contributed by atoms with Gasteiger partial charge in [-0.05, 0) is 32.0 Å². The van der Waals surface area contributed by atoms with Crippen LogP contribution >= 0.6 is 0 Å². The van der Waals surface area contributed by atoms with Gasteiger partial charge in [0, 0.05) is 32.2 Å². The first-order valence-corrected chi connectivity index (χ1v) is 6.75. The standard InChI is InChI=1S/C15H24FNO3/c1-15(2,18)6-8-20-14-5-4-13(16)10-12(14)11-17-7-9-19-3/h4-5,10,17-18H,6-9,11H2,1-3H3. The van der Waals surface area contributed by atoms with Gasteiger partial charge in [-0.15, -0.1) is 0 Å². The lowest BCUT2D eigenvalue weighted by Gasteiger charge is -2.18. The minimum atomic E-state index is -0.767. The SMILES string of the molecule is COCCNCc1cc(F)ccc1OCCC(C)(C)O. The van der Waals surface area contributed by atoms with Crippen LogP contribution in [-0.2, 0) is 11.3 Å². The van der Waals surface area contributed by atoms with E-state index >= 15 is 0 Å². The van der Waals surface area contributed by atoms with Gasteiger partial charge in [0.1, 0.15) is 11.6 Å². The Hall–Kier alpha value is -1.17. The van der Waals surface area contributed by atoms with E-state index in [1.54, 1.807) is 27.0 Å². The summed E-state index contributed by atoms with van der Waals surface area (Å²) in [6, 6.07) is 4.45. The van der Waals surface area contributed by atoms with E-state index in [1.165, 1.54) is 12.1 Å². The van der Waals surface area contributed by atoms with Crippen molar-refractivity contribution in [3.63, 3.8) is 0 Å². The van der Waals surface area contributed by atoms with Gasteiger partial charge in [0.15, 0.2) is 0 Å². The molecule has 1 aromatic rings. The predicted molar refractivity (Wildman–Crippen MR) is 76.4 cm³/mol. The van der Waals surface area contributed by atoms with Crippen molar-refractivity contribution >= 4 is 0 Å². The summed E-state index contributed by atoms with van der Waals surface area (Å²) >= 11 is 0. The van der Waals surface area contributed by atoms with Crippen LogP contribution in [0.2, 0.25) is 0 Å². The van der Waals surface area contributed by atoms with Gasteiger partial charge in [-0.25, -0.2) is 4.39 Å². The Labute approximate surface area is 119 Å². The lowest BCUT2D eigenvalue weighted by molar-refractivity contribution is 0.0551. The van der Waals surface area contributed by atoms with Crippen LogP contribution in [0.4, 0.5) is 4.39 Å². The first kappa shape index (κ1) is 16.9. The molecule has 0 aliphatic rings. The summed E-state index contributed by atoms with van der Waals surface area (Å²) in [7, 11) is 1.63. The number of rotatable bonds is 9. The van der Waals surface area contributed by atoms with Crippen molar-refractivity contribution in [1.82, 2.24) is 5.32 Å². The topological polar surface area (TPSA) is 50.7 Å². The maximum atomic E-state index is 13.3. The number of methoxy groups -OCH3 is 1. The van der Waals surface area contributed by atoms with Gasteiger partial charge >= 0.3 is 0 Å². The van der Waals surface area contributed by atoms with E-state index < -0.39 is 5.60 Å². The Balaban J connectivity index is 2.55. The first-order valence-electron chi connectivity index (χ1n) is 6.75. The number of aliphatic hydroxyl groups is 1. The maximum absolute atomic E-state index is 13.3. The monoisotopic (exact) mass is 285 g/mol. The van der Waals surface area contributed by atoms with E-state index in [4.69, 9.17) is 9.47 Å². The molecule has 0 spiro atoms. The molecule has 2 N–H and O–H groups in total. The average molecular weight is 285 g/mol. The fourth-order valence-electron chi connectivity index (χ4n) is 1.64. The van der Waals surface area contributed by atoms with Crippen LogP contribution in [-0.4, -0.2) is 37.6 Å². The molecule has 0 saturated heterocycles. The van der Waals surface area contributed by atoms with Crippen molar-refractivity contribution in [1.29, 1.82) is 0 Å². The van der Waals surface area contributed by atoms with Gasteiger partial charge in [0.05, 0.1) is 18.8 Å². The van der Waals surface area contributed by atoms with Gasteiger partial charge in [-0.2, -0.15) is 0 Å². The lowest BCUT2D eigenvalue weighted by atomic mass is 10.1. The molecular formula is C15H24FNO3. The summed E-state index contributed by atoms with van der Waals surface area (Å²) < 4.78 is 23.9. The number of hydrogen-bond acceptors (Lipinski definition) is 4. The second kappa shape index (κ2) is 8.19. The largest absolute Gasteiger partial charge is 0.493 e. The molecule has 1 aromatic carbocycles. The highest BCUT2D eigenvalue weighted by molar-refractivity contribution is 5.33. The zero-order chi connectivity index (χ0) is 15.0. The van der Waals surface area contributed by atoms with Gasteiger partial charge < -0.3 is 19.9 Å². The molecule has 0 saturated carbocycles. The highest BCUT2D eigenvalue weighted by Gasteiger charge is 2.13. The summed E-state index contributed by atoms with van der Waals surface area (Å²) in [5.41, 5.74) is -0.00598. The molecule has 0 aliphatic heterocycles. The molecule has 4 nitrogen and oxygen atoms in total. The molecule has 20 heavy (non-hydrogen) atoms. The molecule has 0 unspecified atom stereocenters. The summed E-state index contributed by atoms with van der Waals surface area (Å²) in [6.07, 6.45) is 0.515. The number of benzene rings is 1. The molecule has 0 amide bonds. The third kappa shape index (κ3) is 6.84. The highest BCUT2D eigenvalue weighted by Crippen LogP contribution is 2.20. The molecule has 0 atom stereocenters. The van der Waals surface area contributed by atoms with Crippen molar-refractivity contribution in [2.45, 2.75) is 32.4 Å². The minimum Gasteiger partial charge on any atom is -0.493 e. The van der Waals surface area contributed by atoms with Crippen molar-refractivity contribution in [2.24, 2.45) is 0 Å². The van der Waals surface area contributed by atoms with E-state index in [2.05, 4.69) is 5.32 Å². The molecule has 0 aliphatic carbocycles. The normalized spacial score (nSPS) is 11.7. The zero-order valence-electron chi connectivity index (χ0n) is 12.4. The molecule has 1 rings (SSSR count). The fraction of sp³-hybridized carbons (Fsp3) is 0.600. The zero-order valence-corrected chi connectivity index (χ0v) is 12.4. The average Bonchev–Trinajstić information content (AvgIpc) is 2.35. The second-order valence-corrected chi connectivity index (χ2v) is 5.33. The maximum Gasteiger partial charge on any atom is 0.123 e. The summed E-state index contributed by atoms with van der Waals surface area (Å²) in [6.45, 7) is 5.65. The van der Waals surface area contributed by atoms with E-state index in [-0.39, 0.29) is 5.82 Å². The summed E-state index contributed by atoms with van der Waals surface area (Å²) in [5.74, 6) is 0.351. The van der Waals surface area contributed by atoms with Crippen LogP contribution in [0.15, 0.2) is 18.2 Å². The molecule has 5 heteroatoms. The van der Waals surface area contributed by atoms with Gasteiger partial charge in [0.2, 0.25) is 0 Å². The Morgan fingerprint density at radius 3 is 2.70 bits per heavy atom. The fourth-order valence-corrected chi connectivity index (χ4v) is 1.64. The lowest BCUT2D eigenvalue weighted by Crippen LogP contribution is -2.22. The summed E-state index contributed by atoms with van der Waals surface area (Å²) in [4.78, 5) is 0. The van der Waals surface area contributed by atoms with E-state index in [0.717, 1.165) is 5.56 Å². The van der Waals surface area contributed by atoms with E-state index in [0.29, 0.717) is 38.5 Å². The van der Waals surface area contributed by atoms with Gasteiger partial charge in [-0.1, -0.05) is 0 Å². The molecule has 0 radical (unpaired) electrons. The van der Waals surface area contributed by atoms with E-state index in [9.17, 15) is 9.50 Å². The third-order valence-electron chi connectivity index (χ3n) is 2.79. The van der Waals surface area contributed by atoms with Crippen molar-refractivity contribution in [3.05, 3.63) is 29.6 Å². The van der Waals surface area contributed by atoms with Crippen LogP contribution in [0.25, 0.3) is 0 Å². The number of nitrogens with one attached hydrogen (secondary N) is 1. The van der Waals surface area contributed by atoms with Crippen molar-refractivity contribution in [3.8, 4) is 5.75 Å². The van der Waals surface area contributed by atoms with Crippen LogP contribution < -0.4 is 10.1 Å². The molecule has 0 bridgehead atoms. The van der Waals surface area contributed by atoms with Crippen LogP contribution in [0.5, 0.6) is 5.75 Å². The Bertz CT molecular complexity index is 405. The molecular weight excluding hydrogens is 261 g/mol. The van der Waals surface area contributed by atoms with Gasteiger partial charge in [-0.3, -0.25) is 0 Å². The molecule has 0 heterocycles.